The lowest BCUT2D eigenvalue weighted by atomic mass is 9.97. The van der Waals surface area contributed by atoms with Crippen molar-refractivity contribution >= 4 is 22.5 Å². The second-order valence-corrected chi connectivity index (χ2v) is 7.98. The van der Waals surface area contributed by atoms with Crippen LogP contribution in [-0.2, 0) is 25.1 Å². The molecule has 0 amide bonds. The molecule has 2 aromatic heterocycles. The van der Waals surface area contributed by atoms with Crippen LogP contribution in [0, 0.1) is 6.92 Å². The molecule has 1 unspecified atom stereocenters. The summed E-state index contributed by atoms with van der Waals surface area (Å²) in [6.07, 6.45) is 4.42. The van der Waals surface area contributed by atoms with Crippen LogP contribution in [0.3, 0.4) is 0 Å². The second kappa shape index (κ2) is 6.38. The lowest BCUT2D eigenvalue weighted by Crippen LogP contribution is -2.31. The first-order valence-corrected chi connectivity index (χ1v) is 9.37. The van der Waals surface area contributed by atoms with Gasteiger partial charge in [-0.25, -0.2) is 0 Å². The van der Waals surface area contributed by atoms with Crippen molar-refractivity contribution < 1.29 is 5.11 Å². The van der Waals surface area contributed by atoms with Crippen LogP contribution in [0.1, 0.15) is 29.3 Å². The molecule has 0 spiro atoms. The van der Waals surface area contributed by atoms with E-state index in [0.29, 0.717) is 6.54 Å². The Morgan fingerprint density at radius 1 is 1.31 bits per heavy atom. The van der Waals surface area contributed by atoms with E-state index < -0.39 is 5.60 Å². The van der Waals surface area contributed by atoms with E-state index >= 15 is 0 Å². The number of benzene rings is 1. The standard InChI is InChI=1S/C21H24ClN3O/c1-14-6-7-18-19(20(14)22)16-12-24(3)10-8-17(16)25(18)13-21(2,26)15-5-4-9-23-11-15/h4-7,9,11,26H,8,10,12-13H2,1-3H3. The monoisotopic (exact) mass is 369 g/mol. The molecular formula is C21H24ClN3O. The topological polar surface area (TPSA) is 41.3 Å². The summed E-state index contributed by atoms with van der Waals surface area (Å²) in [7, 11) is 2.14. The van der Waals surface area contributed by atoms with Crippen molar-refractivity contribution in [1.29, 1.82) is 0 Å². The average molecular weight is 370 g/mol. The second-order valence-electron chi connectivity index (χ2n) is 7.61. The summed E-state index contributed by atoms with van der Waals surface area (Å²) in [4.78, 5) is 6.49. The Bertz CT molecular complexity index is 963. The summed E-state index contributed by atoms with van der Waals surface area (Å²) in [5.41, 5.74) is 4.59. The van der Waals surface area contributed by atoms with Crippen molar-refractivity contribution in [3.8, 4) is 0 Å². The predicted octanol–water partition coefficient (Wildman–Crippen LogP) is 3.89. The van der Waals surface area contributed by atoms with Crippen molar-refractivity contribution in [2.24, 2.45) is 0 Å². The molecule has 1 aromatic carbocycles. The average Bonchev–Trinajstić information content (AvgIpc) is 2.92. The first kappa shape index (κ1) is 17.5. The fraction of sp³-hybridized carbons (Fsp3) is 0.381. The van der Waals surface area contributed by atoms with Gasteiger partial charge in [0.05, 0.1) is 17.1 Å². The molecule has 0 saturated carbocycles. The van der Waals surface area contributed by atoms with Gasteiger partial charge in [0.15, 0.2) is 0 Å². The van der Waals surface area contributed by atoms with Gasteiger partial charge in [-0.2, -0.15) is 0 Å². The molecule has 26 heavy (non-hydrogen) atoms. The van der Waals surface area contributed by atoms with Crippen molar-refractivity contribution in [1.82, 2.24) is 14.5 Å². The number of hydrogen-bond donors (Lipinski definition) is 1. The normalized spacial score (nSPS) is 17.3. The maximum absolute atomic E-state index is 11.2. The molecule has 4 rings (SSSR count). The molecule has 1 aliphatic rings. The number of aryl methyl sites for hydroxylation is 1. The summed E-state index contributed by atoms with van der Waals surface area (Å²) in [5.74, 6) is 0. The van der Waals surface area contributed by atoms with Crippen LogP contribution < -0.4 is 0 Å². The highest BCUT2D eigenvalue weighted by molar-refractivity contribution is 6.36. The molecular weight excluding hydrogens is 346 g/mol. The van der Waals surface area contributed by atoms with Crippen LogP contribution in [0.5, 0.6) is 0 Å². The van der Waals surface area contributed by atoms with Crippen LogP contribution in [0.4, 0.5) is 0 Å². The van der Waals surface area contributed by atoms with E-state index in [4.69, 9.17) is 11.6 Å². The zero-order chi connectivity index (χ0) is 18.5. The Balaban J connectivity index is 1.89. The molecule has 1 atom stereocenters. The van der Waals surface area contributed by atoms with Gasteiger partial charge >= 0.3 is 0 Å². The van der Waals surface area contributed by atoms with Gasteiger partial charge in [-0.3, -0.25) is 4.98 Å². The van der Waals surface area contributed by atoms with E-state index in [1.807, 2.05) is 26.0 Å². The van der Waals surface area contributed by atoms with Gasteiger partial charge in [-0.05, 0) is 44.2 Å². The Morgan fingerprint density at radius 3 is 2.85 bits per heavy atom. The van der Waals surface area contributed by atoms with E-state index in [-0.39, 0.29) is 0 Å². The number of rotatable bonds is 3. The first-order valence-electron chi connectivity index (χ1n) is 8.99. The van der Waals surface area contributed by atoms with Crippen molar-refractivity contribution in [2.75, 3.05) is 13.6 Å². The number of halogens is 1. The molecule has 4 nitrogen and oxygen atoms in total. The number of nitrogens with zero attached hydrogens (tertiary/aromatic N) is 3. The Morgan fingerprint density at radius 2 is 2.12 bits per heavy atom. The molecule has 0 fully saturated rings. The summed E-state index contributed by atoms with van der Waals surface area (Å²) in [6, 6.07) is 7.99. The van der Waals surface area contributed by atoms with Crippen LogP contribution in [-0.4, -0.2) is 33.1 Å². The minimum atomic E-state index is -1.01. The highest BCUT2D eigenvalue weighted by Crippen LogP contribution is 2.38. The molecule has 1 N–H and O–H groups in total. The molecule has 3 aromatic rings. The lowest BCUT2D eigenvalue weighted by Gasteiger charge is -2.28. The predicted molar refractivity (Wildman–Crippen MR) is 106 cm³/mol. The largest absolute Gasteiger partial charge is 0.384 e. The third kappa shape index (κ3) is 2.82. The summed E-state index contributed by atoms with van der Waals surface area (Å²) in [6.45, 7) is 6.27. The van der Waals surface area contributed by atoms with E-state index in [1.54, 1.807) is 12.4 Å². The maximum atomic E-state index is 11.2. The van der Waals surface area contributed by atoms with E-state index in [9.17, 15) is 5.11 Å². The SMILES string of the molecule is Cc1ccc2c(c1Cl)c1c(n2CC(C)(O)c2cccnc2)CCN(C)C1. The highest BCUT2D eigenvalue weighted by Gasteiger charge is 2.30. The molecule has 5 heteroatoms. The molecule has 0 bridgehead atoms. The Kier molecular flexibility index (Phi) is 4.30. The third-order valence-electron chi connectivity index (χ3n) is 5.49. The van der Waals surface area contributed by atoms with E-state index in [2.05, 4.69) is 33.6 Å². The van der Waals surface area contributed by atoms with Crippen LogP contribution in [0.15, 0.2) is 36.7 Å². The number of hydrogen-bond acceptors (Lipinski definition) is 3. The number of pyridine rings is 1. The zero-order valence-corrected chi connectivity index (χ0v) is 16.2. The fourth-order valence-electron chi connectivity index (χ4n) is 4.00. The third-order valence-corrected chi connectivity index (χ3v) is 5.97. The molecule has 1 aliphatic heterocycles. The number of aliphatic hydroxyl groups is 1. The minimum absolute atomic E-state index is 0.480. The van der Waals surface area contributed by atoms with Crippen LogP contribution in [0.25, 0.3) is 10.9 Å². The highest BCUT2D eigenvalue weighted by atomic mass is 35.5. The van der Waals surface area contributed by atoms with E-state index in [0.717, 1.165) is 46.6 Å². The van der Waals surface area contributed by atoms with Gasteiger partial charge in [0.25, 0.3) is 0 Å². The fourth-order valence-corrected chi connectivity index (χ4v) is 4.27. The number of likely N-dealkylation sites (N-methyl/N-ethyl adjacent to an activating group) is 1. The summed E-state index contributed by atoms with van der Waals surface area (Å²) in [5, 5.41) is 13.2. The molecule has 0 aliphatic carbocycles. The number of fused-ring (bicyclic) bond motifs is 3. The molecule has 3 heterocycles. The van der Waals surface area contributed by atoms with Gasteiger partial charge < -0.3 is 14.6 Å². The van der Waals surface area contributed by atoms with E-state index in [1.165, 1.54) is 11.3 Å². The van der Waals surface area contributed by atoms with Gasteiger partial charge in [-0.1, -0.05) is 23.7 Å². The molecule has 0 radical (unpaired) electrons. The van der Waals surface area contributed by atoms with Crippen molar-refractivity contribution in [3.05, 3.63) is 64.1 Å². The van der Waals surface area contributed by atoms with Crippen LogP contribution in [0.2, 0.25) is 5.02 Å². The zero-order valence-electron chi connectivity index (χ0n) is 15.5. The van der Waals surface area contributed by atoms with Crippen LogP contribution >= 0.6 is 11.6 Å². The Hall–Kier alpha value is -1.88. The Labute approximate surface area is 159 Å². The maximum Gasteiger partial charge on any atom is 0.106 e. The summed E-state index contributed by atoms with van der Waals surface area (Å²) >= 11 is 6.71. The lowest BCUT2D eigenvalue weighted by molar-refractivity contribution is 0.0381. The first-order chi connectivity index (χ1) is 12.4. The van der Waals surface area contributed by atoms with Gasteiger partial charge in [-0.15, -0.1) is 0 Å². The molecule has 0 saturated heterocycles. The van der Waals surface area contributed by atoms with Crippen molar-refractivity contribution in [3.63, 3.8) is 0 Å². The van der Waals surface area contributed by atoms with Gasteiger partial charge in [0.1, 0.15) is 5.60 Å². The summed E-state index contributed by atoms with van der Waals surface area (Å²) < 4.78 is 2.26. The quantitative estimate of drug-likeness (QED) is 0.761. The van der Waals surface area contributed by atoms with Gasteiger partial charge in [0.2, 0.25) is 0 Å². The smallest absolute Gasteiger partial charge is 0.106 e. The van der Waals surface area contributed by atoms with Crippen molar-refractivity contribution in [2.45, 2.75) is 39.0 Å². The molecule has 136 valence electrons. The minimum Gasteiger partial charge on any atom is -0.384 e. The number of aromatic nitrogens is 2. The van der Waals surface area contributed by atoms with Gasteiger partial charge in [0, 0.05) is 48.5 Å².